The second kappa shape index (κ2) is 8.10. The molecule has 31 heavy (non-hydrogen) atoms. The molecular formula is C24H30N2O4S. The molecule has 0 saturated carbocycles. The molecule has 3 atom stereocenters. The van der Waals surface area contributed by atoms with Crippen molar-refractivity contribution in [3.8, 4) is 0 Å². The lowest BCUT2D eigenvalue weighted by Crippen LogP contribution is -2.31. The predicted molar refractivity (Wildman–Crippen MR) is 119 cm³/mol. The predicted octanol–water partition coefficient (Wildman–Crippen LogP) is 4.35. The van der Waals surface area contributed by atoms with Gasteiger partial charge >= 0.3 is 6.03 Å². The number of carbonyl (C=O) groups excluding carboxylic acids is 1. The van der Waals surface area contributed by atoms with Gasteiger partial charge in [-0.2, -0.15) is 0 Å². The van der Waals surface area contributed by atoms with Crippen molar-refractivity contribution in [2.45, 2.75) is 76.4 Å². The summed E-state index contributed by atoms with van der Waals surface area (Å²) in [5, 5.41) is 13.7. The molecule has 7 heteroatoms. The number of benzene rings is 1. The van der Waals surface area contributed by atoms with E-state index in [9.17, 15) is 14.1 Å². The van der Waals surface area contributed by atoms with Gasteiger partial charge in [-0.15, -0.1) is 0 Å². The molecule has 1 aromatic heterocycles. The highest BCUT2D eigenvalue weighted by atomic mass is 32.2. The maximum absolute atomic E-state index is 12.8. The largest absolute Gasteiger partial charge is 0.450 e. The normalized spacial score (nSPS) is 22.7. The number of hydrogen-bond donors (Lipinski definition) is 3. The molecule has 0 spiro atoms. The molecule has 0 radical (unpaired) electrons. The van der Waals surface area contributed by atoms with Gasteiger partial charge in [-0.25, -0.2) is 13.7 Å². The van der Waals surface area contributed by atoms with Crippen molar-refractivity contribution in [3.63, 3.8) is 0 Å². The monoisotopic (exact) mass is 442 g/mol. The highest BCUT2D eigenvalue weighted by molar-refractivity contribution is 7.83. The molecule has 0 bridgehead atoms. The topological polar surface area (TPSA) is 91.6 Å². The third-order valence-corrected chi connectivity index (χ3v) is 8.11. The van der Waals surface area contributed by atoms with E-state index in [1.54, 1.807) is 6.07 Å². The summed E-state index contributed by atoms with van der Waals surface area (Å²) in [6.07, 6.45) is 7.06. The summed E-state index contributed by atoms with van der Waals surface area (Å²) in [6.45, 7) is 4.26. The molecule has 3 unspecified atom stereocenters. The fourth-order valence-corrected chi connectivity index (χ4v) is 6.16. The van der Waals surface area contributed by atoms with E-state index in [0.717, 1.165) is 50.6 Å². The van der Waals surface area contributed by atoms with E-state index in [2.05, 4.69) is 30.0 Å². The second-order valence-electron chi connectivity index (χ2n) is 9.46. The molecule has 5 rings (SSSR count). The van der Waals surface area contributed by atoms with Crippen molar-refractivity contribution in [2.24, 2.45) is 11.8 Å². The fraction of sp³-hybridized carbons (Fsp3) is 0.542. The first-order chi connectivity index (χ1) is 14.9. The first kappa shape index (κ1) is 20.8. The molecular weight excluding hydrogens is 412 g/mol. The summed E-state index contributed by atoms with van der Waals surface area (Å²) in [7, 11) is -1.83. The van der Waals surface area contributed by atoms with E-state index in [4.69, 9.17) is 4.42 Å². The van der Waals surface area contributed by atoms with Crippen LogP contribution in [0.4, 0.5) is 10.5 Å². The van der Waals surface area contributed by atoms with Gasteiger partial charge in [-0.3, -0.25) is 0 Å². The molecule has 3 aliphatic rings. The zero-order valence-corrected chi connectivity index (χ0v) is 18.9. The number of hydrogen-bond acceptors (Lipinski definition) is 4. The molecule has 0 aliphatic heterocycles. The first-order valence-electron chi connectivity index (χ1n) is 11.4. The van der Waals surface area contributed by atoms with Crippen LogP contribution in [0.3, 0.4) is 0 Å². The molecule has 2 aromatic rings. The fourth-order valence-electron chi connectivity index (χ4n) is 5.43. The van der Waals surface area contributed by atoms with Crippen molar-refractivity contribution in [1.82, 2.24) is 4.72 Å². The molecule has 0 saturated heterocycles. The molecule has 3 aliphatic carbocycles. The van der Waals surface area contributed by atoms with Gasteiger partial charge in [0.15, 0.2) is 11.0 Å². The van der Waals surface area contributed by atoms with E-state index >= 15 is 0 Å². The number of anilines is 1. The molecule has 3 N–H and O–H groups in total. The average molecular weight is 443 g/mol. The van der Waals surface area contributed by atoms with Gasteiger partial charge in [-0.05, 0) is 79.0 Å². The van der Waals surface area contributed by atoms with Crippen LogP contribution in [0.1, 0.15) is 72.8 Å². The molecule has 0 fully saturated rings. The Kier molecular flexibility index (Phi) is 5.42. The summed E-state index contributed by atoms with van der Waals surface area (Å²) < 4.78 is 21.2. The lowest BCUT2D eigenvalue weighted by Gasteiger charge is -2.27. The smallest absolute Gasteiger partial charge is 0.331 e. The van der Waals surface area contributed by atoms with Crippen LogP contribution in [-0.2, 0) is 43.1 Å². The number of rotatable bonds is 4. The van der Waals surface area contributed by atoms with Crippen LogP contribution in [0, 0.1) is 11.8 Å². The van der Waals surface area contributed by atoms with Gasteiger partial charge in [0.2, 0.25) is 5.09 Å². The number of amides is 2. The minimum Gasteiger partial charge on any atom is -0.450 e. The van der Waals surface area contributed by atoms with Crippen molar-refractivity contribution < 1.29 is 18.5 Å². The SMILES string of the molecule is CC(C)C1Cc2oc(S(=O)NC(=O)Nc3c4c(cc5c3CCC5)CCC4)cc2C(O)C1. The summed E-state index contributed by atoms with van der Waals surface area (Å²) in [4.78, 5) is 12.7. The lowest BCUT2D eigenvalue weighted by atomic mass is 9.80. The number of fused-ring (bicyclic) bond motifs is 3. The second-order valence-corrected chi connectivity index (χ2v) is 10.6. The summed E-state index contributed by atoms with van der Waals surface area (Å²) in [6, 6.07) is 3.46. The third kappa shape index (κ3) is 3.82. The van der Waals surface area contributed by atoms with Crippen LogP contribution < -0.4 is 10.0 Å². The lowest BCUT2D eigenvalue weighted by molar-refractivity contribution is 0.111. The Labute approximate surface area is 185 Å². The van der Waals surface area contributed by atoms with Crippen LogP contribution in [0.15, 0.2) is 21.6 Å². The number of urea groups is 1. The third-order valence-electron chi connectivity index (χ3n) is 7.17. The van der Waals surface area contributed by atoms with Crippen molar-refractivity contribution in [2.75, 3.05) is 5.32 Å². The van der Waals surface area contributed by atoms with Gasteiger partial charge in [0, 0.05) is 23.7 Å². The zero-order valence-electron chi connectivity index (χ0n) is 18.1. The number of furan rings is 1. The average Bonchev–Trinajstić information content (AvgIpc) is 3.46. The minimum atomic E-state index is -1.83. The Morgan fingerprint density at radius 1 is 1.13 bits per heavy atom. The van der Waals surface area contributed by atoms with Crippen LogP contribution >= 0.6 is 0 Å². The maximum Gasteiger partial charge on any atom is 0.331 e. The van der Waals surface area contributed by atoms with Crippen LogP contribution in [0.5, 0.6) is 0 Å². The molecule has 1 heterocycles. The molecule has 1 aromatic carbocycles. The Hall–Kier alpha value is -2.12. The highest BCUT2D eigenvalue weighted by Gasteiger charge is 2.32. The summed E-state index contributed by atoms with van der Waals surface area (Å²) >= 11 is 0. The highest BCUT2D eigenvalue weighted by Crippen LogP contribution is 2.40. The zero-order chi connectivity index (χ0) is 21.7. The van der Waals surface area contributed by atoms with Gasteiger partial charge < -0.3 is 14.8 Å². The standard InChI is InChI=1S/C24H30N2O4S/c1-13(2)16-10-20(27)19-12-22(30-21(19)11-16)31(29)26-24(28)25-23-17-7-3-5-14(17)9-15-6-4-8-18(15)23/h9,12-13,16,20,27H,3-8,10-11H2,1-2H3,(H2,25,26,28). The Balaban J connectivity index is 1.32. The van der Waals surface area contributed by atoms with Gasteiger partial charge in [0.1, 0.15) is 5.76 Å². The van der Waals surface area contributed by atoms with Crippen molar-refractivity contribution in [3.05, 3.63) is 45.7 Å². The van der Waals surface area contributed by atoms with E-state index in [1.807, 2.05) is 0 Å². The maximum atomic E-state index is 12.8. The summed E-state index contributed by atoms with van der Waals surface area (Å²) in [5.74, 6) is 1.44. The number of aliphatic hydroxyl groups excluding tert-OH is 1. The van der Waals surface area contributed by atoms with E-state index in [-0.39, 0.29) is 5.09 Å². The van der Waals surface area contributed by atoms with Crippen LogP contribution in [0.2, 0.25) is 0 Å². The van der Waals surface area contributed by atoms with E-state index in [1.165, 1.54) is 22.3 Å². The van der Waals surface area contributed by atoms with Gasteiger partial charge in [-0.1, -0.05) is 19.9 Å². The molecule has 166 valence electrons. The van der Waals surface area contributed by atoms with Crippen LogP contribution in [-0.4, -0.2) is 15.3 Å². The number of nitrogens with one attached hydrogen (secondary N) is 2. The van der Waals surface area contributed by atoms with E-state index in [0.29, 0.717) is 29.6 Å². The molecule has 2 amide bonds. The Morgan fingerprint density at radius 3 is 2.45 bits per heavy atom. The minimum absolute atomic E-state index is 0.187. The first-order valence-corrected chi connectivity index (χ1v) is 12.5. The number of aryl methyl sites for hydroxylation is 2. The van der Waals surface area contributed by atoms with E-state index < -0.39 is 23.1 Å². The van der Waals surface area contributed by atoms with Crippen molar-refractivity contribution in [1.29, 1.82) is 0 Å². The van der Waals surface area contributed by atoms with Gasteiger partial charge in [0.25, 0.3) is 0 Å². The Bertz CT molecular complexity index is 1030. The quantitative estimate of drug-likeness (QED) is 0.656. The van der Waals surface area contributed by atoms with Crippen LogP contribution in [0.25, 0.3) is 0 Å². The summed E-state index contributed by atoms with van der Waals surface area (Å²) in [5.41, 5.74) is 6.76. The number of aliphatic hydroxyl groups is 1. The molecule has 6 nitrogen and oxygen atoms in total. The Morgan fingerprint density at radius 2 is 1.81 bits per heavy atom. The number of carbonyl (C=O) groups is 1. The van der Waals surface area contributed by atoms with Gasteiger partial charge in [0.05, 0.1) is 6.10 Å². The van der Waals surface area contributed by atoms with Crippen molar-refractivity contribution >= 4 is 22.7 Å².